The summed E-state index contributed by atoms with van der Waals surface area (Å²) in [4.78, 5) is 6.94. The highest BCUT2D eigenvalue weighted by Gasteiger charge is 2.26. The fourth-order valence-corrected chi connectivity index (χ4v) is 4.10. The van der Waals surface area contributed by atoms with Gasteiger partial charge in [-0.15, -0.1) is 0 Å². The van der Waals surface area contributed by atoms with Gasteiger partial charge in [-0.1, -0.05) is 36.4 Å². The van der Waals surface area contributed by atoms with Crippen molar-refractivity contribution in [1.29, 1.82) is 5.26 Å². The number of benzene rings is 2. The lowest BCUT2D eigenvalue weighted by atomic mass is 9.90. The van der Waals surface area contributed by atoms with Crippen LogP contribution in [0.15, 0.2) is 48.5 Å². The molecular weight excluding hydrogens is 364 g/mol. The number of nitrogens with zero attached hydrogens (tertiary/aromatic N) is 3. The Morgan fingerprint density at radius 3 is 2.76 bits per heavy atom. The number of rotatable bonds is 3. The van der Waals surface area contributed by atoms with Crippen molar-refractivity contribution in [3.8, 4) is 28.7 Å². The molecule has 1 aromatic heterocycles. The molecule has 0 fully saturated rings. The first-order valence-corrected chi connectivity index (χ1v) is 9.60. The summed E-state index contributed by atoms with van der Waals surface area (Å²) in [6, 6.07) is 18.4. The number of anilines is 1. The SMILES string of the molecule is N#Cc1c(N)nc2c(c1-c1ccc3c(c1)OCO3)CN(Cc1ccccc1)CC2. The van der Waals surface area contributed by atoms with Crippen molar-refractivity contribution in [3.05, 3.63) is 70.9 Å². The predicted molar refractivity (Wildman–Crippen MR) is 109 cm³/mol. The molecule has 0 saturated carbocycles. The highest BCUT2D eigenvalue weighted by molar-refractivity contribution is 5.80. The van der Waals surface area contributed by atoms with Crippen molar-refractivity contribution in [2.75, 3.05) is 19.1 Å². The zero-order chi connectivity index (χ0) is 19.8. The maximum atomic E-state index is 9.82. The molecule has 5 rings (SSSR count). The molecule has 29 heavy (non-hydrogen) atoms. The minimum atomic E-state index is 0.214. The Hall–Kier alpha value is -3.56. The maximum Gasteiger partial charge on any atom is 0.231 e. The molecule has 0 unspecified atom stereocenters. The van der Waals surface area contributed by atoms with Crippen LogP contribution in [0.5, 0.6) is 11.5 Å². The quantitative estimate of drug-likeness (QED) is 0.744. The summed E-state index contributed by atoms with van der Waals surface area (Å²) in [5, 5.41) is 9.82. The maximum absolute atomic E-state index is 9.82. The van der Waals surface area contributed by atoms with Gasteiger partial charge in [0.25, 0.3) is 0 Å². The number of hydrogen-bond acceptors (Lipinski definition) is 6. The average Bonchev–Trinajstić information content (AvgIpc) is 3.21. The third-order valence-electron chi connectivity index (χ3n) is 5.48. The van der Waals surface area contributed by atoms with E-state index < -0.39 is 0 Å². The van der Waals surface area contributed by atoms with Crippen molar-refractivity contribution >= 4 is 5.82 Å². The Morgan fingerprint density at radius 1 is 1.10 bits per heavy atom. The van der Waals surface area contributed by atoms with E-state index in [-0.39, 0.29) is 12.6 Å². The number of nitriles is 1. The first kappa shape index (κ1) is 17.5. The second kappa shape index (κ2) is 7.12. The van der Waals surface area contributed by atoms with Crippen molar-refractivity contribution in [2.24, 2.45) is 0 Å². The van der Waals surface area contributed by atoms with Crippen LogP contribution in [-0.2, 0) is 19.5 Å². The van der Waals surface area contributed by atoms with Gasteiger partial charge in [-0.25, -0.2) is 4.98 Å². The van der Waals surface area contributed by atoms with Crippen molar-refractivity contribution < 1.29 is 9.47 Å². The van der Waals surface area contributed by atoms with Gasteiger partial charge in [0.15, 0.2) is 11.5 Å². The van der Waals surface area contributed by atoms with Crippen LogP contribution in [-0.4, -0.2) is 23.2 Å². The van der Waals surface area contributed by atoms with E-state index in [2.05, 4.69) is 40.2 Å². The van der Waals surface area contributed by atoms with Gasteiger partial charge in [-0.2, -0.15) is 5.26 Å². The van der Waals surface area contributed by atoms with Crippen LogP contribution in [0.2, 0.25) is 0 Å². The van der Waals surface area contributed by atoms with E-state index >= 15 is 0 Å². The molecule has 2 aromatic carbocycles. The standard InChI is InChI=1S/C23H20N4O2/c24-11-17-22(16-6-7-20-21(10-16)29-14-28-20)18-13-27(9-8-19(18)26-23(17)25)12-15-4-2-1-3-5-15/h1-7,10H,8-9,12-14H2,(H2,25,26). The molecule has 0 amide bonds. The van der Waals surface area contributed by atoms with Crippen LogP contribution in [0.4, 0.5) is 5.82 Å². The second-order valence-corrected chi connectivity index (χ2v) is 7.30. The molecule has 2 aliphatic rings. The first-order chi connectivity index (χ1) is 14.2. The highest BCUT2D eigenvalue weighted by Crippen LogP contribution is 2.40. The summed E-state index contributed by atoms with van der Waals surface area (Å²) in [7, 11) is 0. The lowest BCUT2D eigenvalue weighted by molar-refractivity contribution is 0.174. The Balaban J connectivity index is 1.58. The van der Waals surface area contributed by atoms with Gasteiger partial charge in [0.2, 0.25) is 6.79 Å². The van der Waals surface area contributed by atoms with Gasteiger partial charge < -0.3 is 15.2 Å². The number of ether oxygens (including phenoxy) is 2. The second-order valence-electron chi connectivity index (χ2n) is 7.30. The van der Waals surface area contributed by atoms with E-state index in [9.17, 15) is 5.26 Å². The van der Waals surface area contributed by atoms with Crippen LogP contribution >= 0.6 is 0 Å². The topological polar surface area (TPSA) is 84.4 Å². The number of aromatic nitrogens is 1. The Bertz CT molecular complexity index is 1120. The molecule has 0 spiro atoms. The summed E-state index contributed by atoms with van der Waals surface area (Å²) >= 11 is 0. The van der Waals surface area contributed by atoms with Crippen LogP contribution < -0.4 is 15.2 Å². The van der Waals surface area contributed by atoms with E-state index in [1.54, 1.807) is 0 Å². The Labute approximate surface area is 169 Å². The third kappa shape index (κ3) is 3.16. The zero-order valence-corrected chi connectivity index (χ0v) is 15.9. The smallest absolute Gasteiger partial charge is 0.231 e. The minimum absolute atomic E-state index is 0.214. The molecule has 3 heterocycles. The Kier molecular flexibility index (Phi) is 4.30. The summed E-state index contributed by atoms with van der Waals surface area (Å²) in [5.74, 6) is 1.69. The zero-order valence-electron chi connectivity index (χ0n) is 15.9. The molecule has 0 saturated heterocycles. The van der Waals surface area contributed by atoms with E-state index in [0.29, 0.717) is 17.1 Å². The van der Waals surface area contributed by atoms with Gasteiger partial charge >= 0.3 is 0 Å². The third-order valence-corrected chi connectivity index (χ3v) is 5.48. The average molecular weight is 384 g/mol. The lowest BCUT2D eigenvalue weighted by Crippen LogP contribution is -2.31. The van der Waals surface area contributed by atoms with Crippen LogP contribution in [0.1, 0.15) is 22.4 Å². The van der Waals surface area contributed by atoms with E-state index in [1.165, 1.54) is 5.56 Å². The van der Waals surface area contributed by atoms with Gasteiger partial charge in [0, 0.05) is 37.3 Å². The molecule has 3 aromatic rings. The molecule has 0 bridgehead atoms. The normalized spacial score (nSPS) is 15.0. The number of nitrogen functional groups attached to an aromatic ring is 1. The minimum Gasteiger partial charge on any atom is -0.454 e. The van der Waals surface area contributed by atoms with Crippen molar-refractivity contribution in [2.45, 2.75) is 19.5 Å². The first-order valence-electron chi connectivity index (χ1n) is 9.60. The molecule has 2 N–H and O–H groups in total. The number of nitrogens with two attached hydrogens (primary N) is 1. The largest absolute Gasteiger partial charge is 0.454 e. The number of pyridine rings is 1. The molecule has 6 heteroatoms. The molecular formula is C23H20N4O2. The van der Waals surface area contributed by atoms with Crippen LogP contribution in [0, 0.1) is 11.3 Å². The van der Waals surface area contributed by atoms with Crippen LogP contribution in [0.25, 0.3) is 11.1 Å². The highest BCUT2D eigenvalue weighted by atomic mass is 16.7. The summed E-state index contributed by atoms with van der Waals surface area (Å²) in [5.41, 5.74) is 11.6. The van der Waals surface area contributed by atoms with Gasteiger partial charge in [0.1, 0.15) is 17.5 Å². The number of fused-ring (bicyclic) bond motifs is 2. The molecule has 0 aliphatic carbocycles. The predicted octanol–water partition coefficient (Wildman–Crippen LogP) is 3.49. The van der Waals surface area contributed by atoms with Crippen LogP contribution in [0.3, 0.4) is 0 Å². The molecule has 6 nitrogen and oxygen atoms in total. The van der Waals surface area contributed by atoms with Crippen molar-refractivity contribution in [1.82, 2.24) is 9.88 Å². The van der Waals surface area contributed by atoms with Gasteiger partial charge in [-0.3, -0.25) is 4.90 Å². The van der Waals surface area contributed by atoms with E-state index in [4.69, 9.17) is 15.2 Å². The molecule has 144 valence electrons. The molecule has 2 aliphatic heterocycles. The summed E-state index contributed by atoms with van der Waals surface area (Å²) in [6.45, 7) is 2.69. The Morgan fingerprint density at radius 2 is 1.93 bits per heavy atom. The van der Waals surface area contributed by atoms with Gasteiger partial charge in [0.05, 0.1) is 0 Å². The van der Waals surface area contributed by atoms with E-state index in [0.717, 1.165) is 48.4 Å². The lowest BCUT2D eigenvalue weighted by Gasteiger charge is -2.30. The summed E-state index contributed by atoms with van der Waals surface area (Å²) in [6.07, 6.45) is 0.801. The monoisotopic (exact) mass is 384 g/mol. The summed E-state index contributed by atoms with van der Waals surface area (Å²) < 4.78 is 11.0. The van der Waals surface area contributed by atoms with Gasteiger partial charge in [-0.05, 0) is 28.8 Å². The van der Waals surface area contributed by atoms with E-state index in [1.807, 2.05) is 24.3 Å². The molecule has 0 atom stereocenters. The molecule has 0 radical (unpaired) electrons. The number of hydrogen-bond donors (Lipinski definition) is 1. The fraction of sp³-hybridized carbons (Fsp3) is 0.217. The van der Waals surface area contributed by atoms with Crippen molar-refractivity contribution in [3.63, 3.8) is 0 Å². The fourth-order valence-electron chi connectivity index (χ4n) is 4.10.